The van der Waals surface area contributed by atoms with Gasteiger partial charge in [-0.3, -0.25) is 5.32 Å². The van der Waals surface area contributed by atoms with E-state index < -0.39 is 35.0 Å². The van der Waals surface area contributed by atoms with Gasteiger partial charge in [-0.2, -0.15) is 4.90 Å². The number of carboxylic acids is 1. The summed E-state index contributed by atoms with van der Waals surface area (Å²) < 4.78 is 10.4. The molecule has 0 bridgehead atoms. The van der Waals surface area contributed by atoms with E-state index in [-0.39, 0.29) is 6.42 Å². The molecule has 1 aliphatic heterocycles. The Balaban J connectivity index is 3.22. The normalized spacial score (nSPS) is 21.7. The van der Waals surface area contributed by atoms with Gasteiger partial charge in [0, 0.05) is 0 Å². The molecule has 2 amide bonds. The van der Waals surface area contributed by atoms with Crippen molar-refractivity contribution in [2.75, 3.05) is 6.54 Å². The zero-order chi connectivity index (χ0) is 18.1. The topological polar surface area (TPSA) is 105 Å². The van der Waals surface area contributed by atoms with Gasteiger partial charge in [0.1, 0.15) is 11.2 Å². The van der Waals surface area contributed by atoms with Crippen molar-refractivity contribution in [2.24, 2.45) is 0 Å². The van der Waals surface area contributed by atoms with Gasteiger partial charge in [-0.05, 0) is 60.9 Å². The van der Waals surface area contributed by atoms with Crippen LogP contribution in [0, 0.1) is 0 Å². The Labute approximate surface area is 136 Å². The molecule has 132 valence electrons. The van der Waals surface area contributed by atoms with Crippen molar-refractivity contribution in [1.82, 2.24) is 10.2 Å². The SMILES string of the molecule is CC(C)(C)OC(=O)N(C(=O)OC(C)(C)C)[C@@]1(C(=O)O)CCCN1. The molecule has 8 heteroatoms. The maximum Gasteiger partial charge on any atom is 0.421 e. The summed E-state index contributed by atoms with van der Waals surface area (Å²) in [5, 5.41) is 12.3. The van der Waals surface area contributed by atoms with Gasteiger partial charge >= 0.3 is 18.2 Å². The lowest BCUT2D eigenvalue weighted by atomic mass is 10.1. The van der Waals surface area contributed by atoms with E-state index in [1.54, 1.807) is 41.5 Å². The summed E-state index contributed by atoms with van der Waals surface area (Å²) in [7, 11) is 0. The van der Waals surface area contributed by atoms with Crippen LogP contribution in [0.25, 0.3) is 0 Å². The number of imide groups is 1. The summed E-state index contributed by atoms with van der Waals surface area (Å²) >= 11 is 0. The highest BCUT2D eigenvalue weighted by Crippen LogP contribution is 2.28. The van der Waals surface area contributed by atoms with Crippen LogP contribution in [0.15, 0.2) is 0 Å². The van der Waals surface area contributed by atoms with Crippen LogP contribution in [0.5, 0.6) is 0 Å². The molecule has 1 aliphatic rings. The van der Waals surface area contributed by atoms with E-state index in [0.717, 1.165) is 0 Å². The Morgan fingerprint density at radius 3 is 1.70 bits per heavy atom. The maximum atomic E-state index is 12.5. The third-order valence-electron chi connectivity index (χ3n) is 3.02. The maximum absolute atomic E-state index is 12.5. The molecule has 0 saturated carbocycles. The van der Waals surface area contributed by atoms with Gasteiger partial charge in [0.05, 0.1) is 0 Å². The third kappa shape index (κ3) is 4.82. The number of aliphatic carboxylic acids is 1. The monoisotopic (exact) mass is 330 g/mol. The smallest absolute Gasteiger partial charge is 0.421 e. The standard InChI is InChI=1S/C15H26N2O6/c1-13(2,3)22-11(20)17(12(21)23-14(4,5)6)15(10(18)19)8-7-9-16-15/h16H,7-9H2,1-6H3,(H,18,19)/t15-/m1/s1. The molecule has 8 nitrogen and oxygen atoms in total. The summed E-state index contributed by atoms with van der Waals surface area (Å²) in [6, 6.07) is 0. The predicted octanol–water partition coefficient (Wildman–Crippen LogP) is 2.32. The van der Waals surface area contributed by atoms with Crippen LogP contribution in [-0.2, 0) is 14.3 Å². The predicted molar refractivity (Wildman–Crippen MR) is 81.9 cm³/mol. The van der Waals surface area contributed by atoms with Gasteiger partial charge in [-0.25, -0.2) is 14.4 Å². The Bertz CT molecular complexity index is 455. The van der Waals surface area contributed by atoms with Crippen LogP contribution in [0.2, 0.25) is 0 Å². The van der Waals surface area contributed by atoms with Crippen molar-refractivity contribution in [3.8, 4) is 0 Å². The van der Waals surface area contributed by atoms with Crippen molar-refractivity contribution < 1.29 is 29.0 Å². The van der Waals surface area contributed by atoms with Crippen molar-refractivity contribution in [3.05, 3.63) is 0 Å². The number of carbonyl (C=O) groups excluding carboxylic acids is 2. The Morgan fingerprint density at radius 1 is 1.00 bits per heavy atom. The lowest BCUT2D eigenvalue weighted by molar-refractivity contribution is -0.152. The summed E-state index contributed by atoms with van der Waals surface area (Å²) in [6.07, 6.45) is -1.51. The number of nitrogens with zero attached hydrogens (tertiary/aromatic N) is 1. The Hall–Kier alpha value is -1.83. The number of carbonyl (C=O) groups is 3. The van der Waals surface area contributed by atoms with Crippen LogP contribution in [0.1, 0.15) is 54.4 Å². The largest absolute Gasteiger partial charge is 0.478 e. The first-order valence-corrected chi connectivity index (χ1v) is 7.53. The van der Waals surface area contributed by atoms with Crippen LogP contribution in [-0.4, -0.2) is 51.6 Å². The molecular weight excluding hydrogens is 304 g/mol. The molecule has 23 heavy (non-hydrogen) atoms. The second-order valence-electron chi connectivity index (χ2n) is 7.49. The molecule has 0 aromatic rings. The van der Waals surface area contributed by atoms with Crippen molar-refractivity contribution in [3.63, 3.8) is 0 Å². The molecule has 0 aromatic carbocycles. The summed E-state index contributed by atoms with van der Waals surface area (Å²) in [6.45, 7) is 10.2. The molecule has 1 rings (SSSR count). The molecular formula is C15H26N2O6. The second-order valence-corrected chi connectivity index (χ2v) is 7.49. The number of rotatable bonds is 2. The molecule has 0 radical (unpaired) electrons. The van der Waals surface area contributed by atoms with Gasteiger partial charge in [-0.15, -0.1) is 0 Å². The highest BCUT2D eigenvalue weighted by Gasteiger charge is 2.54. The van der Waals surface area contributed by atoms with E-state index in [1.165, 1.54) is 0 Å². The van der Waals surface area contributed by atoms with Gasteiger partial charge in [0.2, 0.25) is 5.66 Å². The van der Waals surface area contributed by atoms with E-state index in [1.807, 2.05) is 0 Å². The van der Waals surface area contributed by atoms with Crippen molar-refractivity contribution >= 4 is 18.2 Å². The summed E-state index contributed by atoms with van der Waals surface area (Å²) in [5.41, 5.74) is -3.62. The van der Waals surface area contributed by atoms with Gasteiger partial charge in [0.15, 0.2) is 0 Å². The third-order valence-corrected chi connectivity index (χ3v) is 3.02. The summed E-state index contributed by atoms with van der Waals surface area (Å²) in [5.74, 6) is -1.33. The molecule has 0 aliphatic carbocycles. The van der Waals surface area contributed by atoms with E-state index in [9.17, 15) is 19.5 Å². The van der Waals surface area contributed by atoms with Gasteiger partial charge in [0.25, 0.3) is 0 Å². The zero-order valence-corrected chi connectivity index (χ0v) is 14.6. The first kappa shape index (κ1) is 19.2. The van der Waals surface area contributed by atoms with E-state index in [4.69, 9.17) is 9.47 Å². The number of hydrogen-bond donors (Lipinski definition) is 2. The first-order valence-electron chi connectivity index (χ1n) is 7.53. The highest BCUT2D eigenvalue weighted by molar-refractivity contribution is 5.96. The molecule has 1 heterocycles. The van der Waals surface area contributed by atoms with E-state index >= 15 is 0 Å². The number of carboxylic acid groups (broad SMARTS) is 1. The molecule has 0 aromatic heterocycles. The molecule has 1 saturated heterocycles. The minimum Gasteiger partial charge on any atom is -0.478 e. The molecule has 0 spiro atoms. The van der Waals surface area contributed by atoms with Crippen LogP contribution in [0.4, 0.5) is 9.59 Å². The second kappa shape index (κ2) is 6.35. The van der Waals surface area contributed by atoms with Gasteiger partial charge < -0.3 is 14.6 Å². The fraction of sp³-hybridized carbons (Fsp3) is 0.800. The van der Waals surface area contributed by atoms with Crippen LogP contribution < -0.4 is 5.32 Å². The van der Waals surface area contributed by atoms with Gasteiger partial charge in [-0.1, -0.05) is 0 Å². The van der Waals surface area contributed by atoms with Crippen LogP contribution >= 0.6 is 0 Å². The molecule has 1 atom stereocenters. The molecule has 1 fully saturated rings. The molecule has 0 unspecified atom stereocenters. The van der Waals surface area contributed by atoms with Crippen molar-refractivity contribution in [1.29, 1.82) is 0 Å². The summed E-state index contributed by atoms with van der Waals surface area (Å²) in [4.78, 5) is 37.3. The average Bonchev–Trinajstić information content (AvgIpc) is 2.74. The Kier molecular flexibility index (Phi) is 5.30. The van der Waals surface area contributed by atoms with E-state index in [0.29, 0.717) is 17.9 Å². The number of ether oxygens (including phenoxy) is 2. The zero-order valence-electron chi connectivity index (χ0n) is 14.6. The number of hydrogen-bond acceptors (Lipinski definition) is 6. The highest BCUT2D eigenvalue weighted by atomic mass is 16.6. The first-order chi connectivity index (χ1) is 10.3. The average molecular weight is 330 g/mol. The fourth-order valence-electron chi connectivity index (χ4n) is 2.20. The quantitative estimate of drug-likeness (QED) is 0.800. The minimum absolute atomic E-state index is 0.0841. The lowest BCUT2D eigenvalue weighted by Crippen LogP contribution is -2.65. The lowest BCUT2D eigenvalue weighted by Gasteiger charge is -2.37. The van der Waals surface area contributed by atoms with Crippen molar-refractivity contribution in [2.45, 2.75) is 71.2 Å². The van der Waals surface area contributed by atoms with E-state index in [2.05, 4.69) is 5.32 Å². The Morgan fingerprint density at radius 2 is 1.43 bits per heavy atom. The fourth-order valence-corrected chi connectivity index (χ4v) is 2.20. The van der Waals surface area contributed by atoms with Crippen LogP contribution in [0.3, 0.4) is 0 Å². The molecule has 2 N–H and O–H groups in total. The number of amides is 2. The number of nitrogens with one attached hydrogen (secondary N) is 1. The minimum atomic E-state index is -1.86.